The zero-order chi connectivity index (χ0) is 20.8. The SMILES string of the molecule is CCNC(=NCC(c1ccc(C)cc1)N(C)C)N1CCC(C)C(n2ccnc2)C1.I. The number of halogens is 1. The van der Waals surface area contributed by atoms with Crippen LogP contribution in [-0.2, 0) is 0 Å². The van der Waals surface area contributed by atoms with Gasteiger partial charge in [-0.2, -0.15) is 0 Å². The second-order valence-corrected chi connectivity index (χ2v) is 8.37. The van der Waals surface area contributed by atoms with Gasteiger partial charge in [0.1, 0.15) is 0 Å². The van der Waals surface area contributed by atoms with E-state index in [1.54, 1.807) is 0 Å². The maximum atomic E-state index is 5.06. The predicted octanol–water partition coefficient (Wildman–Crippen LogP) is 3.96. The Bertz CT molecular complexity index is 772. The van der Waals surface area contributed by atoms with Gasteiger partial charge in [-0.05, 0) is 45.8 Å². The van der Waals surface area contributed by atoms with Crippen LogP contribution < -0.4 is 5.32 Å². The van der Waals surface area contributed by atoms with Gasteiger partial charge in [-0.1, -0.05) is 36.8 Å². The summed E-state index contributed by atoms with van der Waals surface area (Å²) in [7, 11) is 4.26. The summed E-state index contributed by atoms with van der Waals surface area (Å²) in [6, 6.07) is 9.50. The fourth-order valence-corrected chi connectivity index (χ4v) is 4.05. The molecular formula is C23H37IN6. The number of piperidine rings is 1. The van der Waals surface area contributed by atoms with E-state index in [9.17, 15) is 0 Å². The van der Waals surface area contributed by atoms with Crippen molar-refractivity contribution in [3.63, 3.8) is 0 Å². The minimum absolute atomic E-state index is 0. The van der Waals surface area contributed by atoms with Crippen LogP contribution in [0.25, 0.3) is 0 Å². The molecule has 30 heavy (non-hydrogen) atoms. The number of benzene rings is 1. The molecule has 0 aliphatic carbocycles. The standard InChI is InChI=1S/C23H36N6.HI/c1-6-25-23(26-15-21(27(4)5)20-9-7-18(2)8-10-20)28-13-11-19(3)22(16-28)29-14-12-24-17-29;/h7-10,12,14,17,19,21-22H,6,11,13,15-16H2,1-5H3,(H,25,26);1H. The Hall–Kier alpha value is -1.61. The maximum absolute atomic E-state index is 5.06. The highest BCUT2D eigenvalue weighted by Crippen LogP contribution is 2.27. The topological polar surface area (TPSA) is 48.7 Å². The average Bonchev–Trinajstić information content (AvgIpc) is 3.23. The van der Waals surface area contributed by atoms with E-state index in [-0.39, 0.29) is 30.0 Å². The molecular weight excluding hydrogens is 487 g/mol. The van der Waals surface area contributed by atoms with Crippen LogP contribution in [0.4, 0.5) is 0 Å². The van der Waals surface area contributed by atoms with Crippen LogP contribution in [0.1, 0.15) is 43.5 Å². The molecule has 3 atom stereocenters. The molecule has 3 unspecified atom stereocenters. The molecule has 0 bridgehead atoms. The quantitative estimate of drug-likeness (QED) is 0.353. The number of aliphatic imine (C=N–C) groups is 1. The second kappa shape index (κ2) is 11.7. The van der Waals surface area contributed by atoms with Crippen molar-refractivity contribution >= 4 is 29.9 Å². The lowest BCUT2D eigenvalue weighted by Gasteiger charge is -2.39. The minimum atomic E-state index is 0. The van der Waals surface area contributed by atoms with Crippen LogP contribution >= 0.6 is 24.0 Å². The smallest absolute Gasteiger partial charge is 0.194 e. The lowest BCUT2D eigenvalue weighted by molar-refractivity contribution is 0.188. The number of likely N-dealkylation sites (tertiary alicyclic amines) is 1. The molecule has 166 valence electrons. The Kier molecular flexibility index (Phi) is 9.61. The molecule has 1 fully saturated rings. The van der Waals surface area contributed by atoms with Crippen LogP contribution in [0, 0.1) is 12.8 Å². The molecule has 0 spiro atoms. The highest BCUT2D eigenvalue weighted by molar-refractivity contribution is 14.0. The largest absolute Gasteiger partial charge is 0.357 e. The van der Waals surface area contributed by atoms with E-state index in [0.29, 0.717) is 12.0 Å². The molecule has 0 saturated carbocycles. The number of aromatic nitrogens is 2. The molecule has 2 heterocycles. The van der Waals surface area contributed by atoms with E-state index in [1.807, 2.05) is 12.5 Å². The molecule has 1 N–H and O–H groups in total. The van der Waals surface area contributed by atoms with E-state index < -0.39 is 0 Å². The van der Waals surface area contributed by atoms with E-state index in [2.05, 4.69) is 90.0 Å². The van der Waals surface area contributed by atoms with Gasteiger partial charge < -0.3 is 19.7 Å². The number of nitrogens with zero attached hydrogens (tertiary/aromatic N) is 5. The van der Waals surface area contributed by atoms with Gasteiger partial charge in [0.15, 0.2) is 5.96 Å². The molecule has 1 saturated heterocycles. The number of nitrogens with one attached hydrogen (secondary N) is 1. The van der Waals surface area contributed by atoms with Crippen molar-refractivity contribution in [3.8, 4) is 0 Å². The van der Waals surface area contributed by atoms with Gasteiger partial charge in [-0.25, -0.2) is 4.98 Å². The van der Waals surface area contributed by atoms with Crippen LogP contribution in [0.15, 0.2) is 48.0 Å². The van der Waals surface area contributed by atoms with Gasteiger partial charge in [0.2, 0.25) is 0 Å². The van der Waals surface area contributed by atoms with Gasteiger partial charge in [0, 0.05) is 32.0 Å². The van der Waals surface area contributed by atoms with Crippen LogP contribution in [0.5, 0.6) is 0 Å². The first-order chi connectivity index (χ1) is 14.0. The van der Waals surface area contributed by atoms with Gasteiger partial charge in [0.05, 0.1) is 25.0 Å². The Morgan fingerprint density at radius 3 is 2.63 bits per heavy atom. The fourth-order valence-electron chi connectivity index (χ4n) is 4.05. The third kappa shape index (κ3) is 6.20. The number of likely N-dealkylation sites (N-methyl/N-ethyl adjacent to an activating group) is 1. The number of hydrogen-bond acceptors (Lipinski definition) is 3. The van der Waals surface area contributed by atoms with Gasteiger partial charge in [-0.3, -0.25) is 4.99 Å². The number of imidazole rings is 1. The van der Waals surface area contributed by atoms with Crippen molar-refractivity contribution in [1.29, 1.82) is 0 Å². The minimum Gasteiger partial charge on any atom is -0.357 e. The van der Waals surface area contributed by atoms with Crippen molar-refractivity contribution in [1.82, 2.24) is 24.7 Å². The van der Waals surface area contributed by atoms with Crippen molar-refractivity contribution < 1.29 is 0 Å². The third-order valence-corrected chi connectivity index (χ3v) is 5.96. The number of hydrogen-bond donors (Lipinski definition) is 1. The predicted molar refractivity (Wildman–Crippen MR) is 136 cm³/mol. The van der Waals surface area contributed by atoms with Crippen molar-refractivity contribution in [2.75, 3.05) is 40.3 Å². The van der Waals surface area contributed by atoms with Crippen molar-refractivity contribution in [2.45, 2.75) is 39.3 Å². The third-order valence-electron chi connectivity index (χ3n) is 5.96. The number of rotatable bonds is 6. The van der Waals surface area contributed by atoms with Crippen LogP contribution in [-0.4, -0.2) is 65.6 Å². The summed E-state index contributed by atoms with van der Waals surface area (Å²) in [5.74, 6) is 1.65. The van der Waals surface area contributed by atoms with E-state index >= 15 is 0 Å². The molecule has 7 heteroatoms. The Morgan fingerprint density at radius 2 is 2.03 bits per heavy atom. The summed E-state index contributed by atoms with van der Waals surface area (Å²) in [6.07, 6.45) is 7.04. The summed E-state index contributed by atoms with van der Waals surface area (Å²) in [5.41, 5.74) is 2.60. The summed E-state index contributed by atoms with van der Waals surface area (Å²) >= 11 is 0. The molecule has 6 nitrogen and oxygen atoms in total. The second-order valence-electron chi connectivity index (χ2n) is 8.37. The van der Waals surface area contributed by atoms with Crippen LogP contribution in [0.3, 0.4) is 0 Å². The maximum Gasteiger partial charge on any atom is 0.194 e. The zero-order valence-electron chi connectivity index (χ0n) is 19.0. The summed E-state index contributed by atoms with van der Waals surface area (Å²) in [6.45, 7) is 10.2. The average molecular weight is 524 g/mol. The summed E-state index contributed by atoms with van der Waals surface area (Å²) in [4.78, 5) is 14.0. The van der Waals surface area contributed by atoms with Gasteiger partial charge in [0.25, 0.3) is 0 Å². The normalized spacial score (nSPS) is 20.7. The van der Waals surface area contributed by atoms with Gasteiger partial charge >= 0.3 is 0 Å². The fraction of sp³-hybridized carbons (Fsp3) is 0.565. The Balaban J connectivity index is 0.00000320. The zero-order valence-corrected chi connectivity index (χ0v) is 21.3. The Morgan fingerprint density at radius 1 is 1.30 bits per heavy atom. The Labute approximate surface area is 198 Å². The highest BCUT2D eigenvalue weighted by atomic mass is 127. The summed E-state index contributed by atoms with van der Waals surface area (Å²) < 4.78 is 2.25. The first-order valence-corrected chi connectivity index (χ1v) is 10.7. The molecule has 1 aromatic heterocycles. The molecule has 1 aliphatic rings. The monoisotopic (exact) mass is 524 g/mol. The first-order valence-electron chi connectivity index (χ1n) is 10.7. The van der Waals surface area contributed by atoms with E-state index in [1.165, 1.54) is 11.1 Å². The van der Waals surface area contributed by atoms with Crippen molar-refractivity contribution in [2.24, 2.45) is 10.9 Å². The van der Waals surface area contributed by atoms with E-state index in [4.69, 9.17) is 4.99 Å². The number of aryl methyl sites for hydroxylation is 1. The molecule has 2 aromatic rings. The van der Waals surface area contributed by atoms with Crippen LogP contribution in [0.2, 0.25) is 0 Å². The molecule has 0 amide bonds. The van der Waals surface area contributed by atoms with E-state index in [0.717, 1.165) is 38.6 Å². The molecule has 0 radical (unpaired) electrons. The van der Waals surface area contributed by atoms with Gasteiger partial charge in [-0.15, -0.1) is 24.0 Å². The lowest BCUT2D eigenvalue weighted by Crippen LogP contribution is -2.49. The molecule has 1 aliphatic heterocycles. The first kappa shape index (κ1) is 24.7. The van der Waals surface area contributed by atoms with Crippen molar-refractivity contribution in [3.05, 3.63) is 54.1 Å². The highest BCUT2D eigenvalue weighted by Gasteiger charge is 2.29. The number of guanidine groups is 1. The molecule has 3 rings (SSSR count). The molecule has 1 aromatic carbocycles. The lowest BCUT2D eigenvalue weighted by atomic mass is 9.93. The summed E-state index contributed by atoms with van der Waals surface area (Å²) in [5, 5.41) is 3.52.